The van der Waals surface area contributed by atoms with E-state index in [9.17, 15) is 9.59 Å². The van der Waals surface area contributed by atoms with E-state index in [-0.39, 0.29) is 13.2 Å². The Hall–Kier alpha value is -4.20. The van der Waals surface area contributed by atoms with Gasteiger partial charge in [-0.2, -0.15) is 0 Å². The number of ether oxygens (including phenoxy) is 4. The van der Waals surface area contributed by atoms with E-state index in [0.717, 1.165) is 36.8 Å². The van der Waals surface area contributed by atoms with Gasteiger partial charge in [0.25, 0.3) is 0 Å². The average molecular weight is 521 g/mol. The number of hydrogen-bond donors (Lipinski definition) is 2. The van der Waals surface area contributed by atoms with Crippen LogP contribution in [0.1, 0.15) is 55.5 Å². The molecule has 202 valence electrons. The molecule has 0 aliphatic heterocycles. The summed E-state index contributed by atoms with van der Waals surface area (Å²) in [6.07, 6.45) is 1.95. The Labute approximate surface area is 224 Å². The molecule has 0 saturated heterocycles. The van der Waals surface area contributed by atoms with Gasteiger partial charge in [0.15, 0.2) is 11.5 Å². The molecular weight excluding hydrogens is 484 g/mol. The minimum absolute atomic E-state index is 0.0899. The summed E-state index contributed by atoms with van der Waals surface area (Å²) in [5.41, 5.74) is 2.26. The highest BCUT2D eigenvalue weighted by Crippen LogP contribution is 2.30. The largest absolute Gasteiger partial charge is 0.493 e. The van der Waals surface area contributed by atoms with Gasteiger partial charge in [-0.3, -0.25) is 10.6 Å². The van der Waals surface area contributed by atoms with Crippen molar-refractivity contribution >= 4 is 12.2 Å². The second-order valence-electron chi connectivity index (χ2n) is 8.66. The maximum atomic E-state index is 12.7. The summed E-state index contributed by atoms with van der Waals surface area (Å²) in [4.78, 5) is 25.3. The van der Waals surface area contributed by atoms with Gasteiger partial charge in [-0.1, -0.05) is 92.9 Å². The molecule has 0 bridgehead atoms. The van der Waals surface area contributed by atoms with Crippen LogP contribution in [0.25, 0.3) is 0 Å². The summed E-state index contributed by atoms with van der Waals surface area (Å²) in [6.45, 7) is 2.87. The fourth-order valence-electron chi connectivity index (χ4n) is 3.66. The number of carbonyl (C=O) groups is 2. The fourth-order valence-corrected chi connectivity index (χ4v) is 3.66. The van der Waals surface area contributed by atoms with Crippen molar-refractivity contribution < 1.29 is 28.5 Å². The van der Waals surface area contributed by atoms with Gasteiger partial charge in [-0.25, -0.2) is 9.59 Å². The molecule has 0 radical (unpaired) electrons. The van der Waals surface area contributed by atoms with Crippen LogP contribution in [0.3, 0.4) is 0 Å². The molecule has 8 nitrogen and oxygen atoms in total. The van der Waals surface area contributed by atoms with Gasteiger partial charge in [0.2, 0.25) is 0 Å². The van der Waals surface area contributed by atoms with Crippen LogP contribution in [0.15, 0.2) is 78.9 Å². The van der Waals surface area contributed by atoms with Gasteiger partial charge >= 0.3 is 12.2 Å². The molecule has 8 heteroatoms. The zero-order chi connectivity index (χ0) is 27.0. The molecular formula is C30H36N2O6. The van der Waals surface area contributed by atoms with Crippen LogP contribution in [-0.4, -0.2) is 25.9 Å². The first-order chi connectivity index (χ1) is 18.6. The summed E-state index contributed by atoms with van der Waals surface area (Å²) in [5.74, 6) is 1.08. The minimum atomic E-state index is -0.935. The van der Waals surface area contributed by atoms with Gasteiger partial charge in [-0.15, -0.1) is 0 Å². The molecule has 0 atom stereocenters. The van der Waals surface area contributed by atoms with Crippen molar-refractivity contribution in [1.29, 1.82) is 0 Å². The third-order valence-corrected chi connectivity index (χ3v) is 5.73. The van der Waals surface area contributed by atoms with E-state index in [2.05, 4.69) is 17.6 Å². The Kier molecular flexibility index (Phi) is 11.8. The average Bonchev–Trinajstić information content (AvgIpc) is 2.95. The highest BCUT2D eigenvalue weighted by atomic mass is 16.6. The molecule has 0 spiro atoms. The number of carbonyl (C=O) groups excluding carboxylic acids is 2. The van der Waals surface area contributed by atoms with Crippen LogP contribution < -0.4 is 20.1 Å². The molecule has 0 heterocycles. The maximum absolute atomic E-state index is 12.7. The number of alkyl carbamates (subject to hydrolysis) is 2. The molecule has 0 aliphatic rings. The standard InChI is InChI=1S/C30H36N2O6/c1-3-4-5-12-19-36-27-20-25(17-18-26(27)35-2)28(31-29(33)37-21-23-13-8-6-9-14-23)32-30(34)38-22-24-15-10-7-11-16-24/h6-11,13-18,20,28H,3-5,12,19,21-22H2,1-2H3,(H,31,33)(H,32,34). The normalized spacial score (nSPS) is 10.5. The zero-order valence-electron chi connectivity index (χ0n) is 22.0. The summed E-state index contributed by atoms with van der Waals surface area (Å²) >= 11 is 0. The number of unbranched alkanes of at least 4 members (excludes halogenated alkanes) is 3. The monoisotopic (exact) mass is 520 g/mol. The van der Waals surface area contributed by atoms with E-state index in [1.807, 2.05) is 60.7 Å². The van der Waals surface area contributed by atoms with Crippen LogP contribution in [0.2, 0.25) is 0 Å². The molecule has 3 aromatic carbocycles. The SMILES string of the molecule is CCCCCCOc1cc(C(NC(=O)OCc2ccccc2)NC(=O)OCc2ccccc2)ccc1OC. The first kappa shape index (κ1) is 28.4. The number of rotatable bonds is 14. The molecule has 3 aromatic rings. The third kappa shape index (κ3) is 9.69. The van der Waals surface area contributed by atoms with Crippen molar-refractivity contribution in [2.24, 2.45) is 0 Å². The summed E-state index contributed by atoms with van der Waals surface area (Å²) in [5, 5.41) is 5.42. The number of nitrogens with one attached hydrogen (secondary N) is 2. The van der Waals surface area contributed by atoms with E-state index in [4.69, 9.17) is 18.9 Å². The zero-order valence-corrected chi connectivity index (χ0v) is 22.0. The lowest BCUT2D eigenvalue weighted by Crippen LogP contribution is -2.41. The molecule has 3 rings (SSSR count). The topological polar surface area (TPSA) is 95.1 Å². The van der Waals surface area contributed by atoms with E-state index < -0.39 is 18.4 Å². The van der Waals surface area contributed by atoms with Crippen LogP contribution in [0.4, 0.5) is 9.59 Å². The van der Waals surface area contributed by atoms with Gasteiger partial charge < -0.3 is 18.9 Å². The molecule has 0 aromatic heterocycles. The van der Waals surface area contributed by atoms with Gasteiger partial charge in [-0.05, 0) is 35.2 Å². The van der Waals surface area contributed by atoms with Crippen molar-refractivity contribution in [3.05, 3.63) is 95.6 Å². The lowest BCUT2D eigenvalue weighted by molar-refractivity contribution is 0.122. The molecule has 38 heavy (non-hydrogen) atoms. The van der Waals surface area contributed by atoms with E-state index >= 15 is 0 Å². The summed E-state index contributed by atoms with van der Waals surface area (Å²) < 4.78 is 22.2. The predicted molar refractivity (Wildman–Crippen MR) is 145 cm³/mol. The number of methoxy groups -OCH3 is 1. The summed E-state index contributed by atoms with van der Waals surface area (Å²) in [7, 11) is 1.56. The predicted octanol–water partition coefficient (Wildman–Crippen LogP) is 6.51. The number of amides is 2. The molecule has 2 amide bonds. The van der Waals surface area contributed by atoms with Crippen LogP contribution in [0, 0.1) is 0 Å². The van der Waals surface area contributed by atoms with Crippen molar-refractivity contribution in [1.82, 2.24) is 10.6 Å². The maximum Gasteiger partial charge on any atom is 0.409 e. The van der Waals surface area contributed by atoms with Crippen molar-refractivity contribution in [2.75, 3.05) is 13.7 Å². The van der Waals surface area contributed by atoms with Crippen LogP contribution in [-0.2, 0) is 22.7 Å². The molecule has 0 saturated carbocycles. The second kappa shape index (κ2) is 15.8. The van der Waals surface area contributed by atoms with Crippen molar-refractivity contribution in [3.8, 4) is 11.5 Å². The van der Waals surface area contributed by atoms with E-state index in [1.54, 1.807) is 25.3 Å². The Morgan fingerprint density at radius 1 is 0.737 bits per heavy atom. The lowest BCUT2D eigenvalue weighted by atomic mass is 10.1. The number of benzene rings is 3. The van der Waals surface area contributed by atoms with Gasteiger partial charge in [0.05, 0.1) is 13.7 Å². The molecule has 2 N–H and O–H groups in total. The highest BCUT2D eigenvalue weighted by Gasteiger charge is 2.21. The Morgan fingerprint density at radius 3 is 1.84 bits per heavy atom. The van der Waals surface area contributed by atoms with Crippen LogP contribution in [0.5, 0.6) is 11.5 Å². The quantitative estimate of drug-likeness (QED) is 0.186. The van der Waals surface area contributed by atoms with Gasteiger partial charge in [0.1, 0.15) is 19.4 Å². The van der Waals surface area contributed by atoms with E-state index in [0.29, 0.717) is 23.7 Å². The molecule has 0 unspecified atom stereocenters. The van der Waals surface area contributed by atoms with Gasteiger partial charge in [0, 0.05) is 0 Å². The fraction of sp³-hybridized carbons (Fsp3) is 0.333. The lowest BCUT2D eigenvalue weighted by Gasteiger charge is -2.22. The summed E-state index contributed by atoms with van der Waals surface area (Å²) in [6, 6.07) is 23.9. The van der Waals surface area contributed by atoms with Crippen molar-refractivity contribution in [3.63, 3.8) is 0 Å². The Balaban J connectivity index is 1.70. The molecule has 0 fully saturated rings. The Bertz CT molecular complexity index is 1070. The Morgan fingerprint density at radius 2 is 1.32 bits per heavy atom. The third-order valence-electron chi connectivity index (χ3n) is 5.73. The second-order valence-corrected chi connectivity index (χ2v) is 8.66. The number of hydrogen-bond acceptors (Lipinski definition) is 6. The van der Waals surface area contributed by atoms with Crippen molar-refractivity contribution in [2.45, 2.75) is 52.0 Å². The smallest absolute Gasteiger partial charge is 0.409 e. The minimum Gasteiger partial charge on any atom is -0.493 e. The van der Waals surface area contributed by atoms with E-state index in [1.165, 1.54) is 0 Å². The van der Waals surface area contributed by atoms with Crippen LogP contribution >= 0.6 is 0 Å². The highest BCUT2D eigenvalue weighted by molar-refractivity contribution is 5.71. The first-order valence-corrected chi connectivity index (χ1v) is 12.8. The first-order valence-electron chi connectivity index (χ1n) is 12.8. The molecule has 0 aliphatic carbocycles.